The molecule has 0 saturated heterocycles. The van der Waals surface area contributed by atoms with Crippen molar-refractivity contribution in [3.63, 3.8) is 0 Å². The molecule has 90 valence electrons. The van der Waals surface area contributed by atoms with Crippen molar-refractivity contribution >= 4 is 17.2 Å². The summed E-state index contributed by atoms with van der Waals surface area (Å²) in [6.07, 6.45) is 1.91. The highest BCUT2D eigenvalue weighted by molar-refractivity contribution is 7.80. The van der Waals surface area contributed by atoms with Gasteiger partial charge in [-0.1, -0.05) is 59.8 Å². The molecule has 1 N–H and O–H groups in total. The molecule has 0 fully saturated rings. The van der Waals surface area contributed by atoms with E-state index in [0.29, 0.717) is 10.6 Å². The van der Waals surface area contributed by atoms with E-state index in [1.54, 1.807) is 0 Å². The van der Waals surface area contributed by atoms with Crippen molar-refractivity contribution in [1.29, 1.82) is 5.26 Å². The van der Waals surface area contributed by atoms with E-state index < -0.39 is 0 Å². The van der Waals surface area contributed by atoms with E-state index in [2.05, 4.69) is 52.9 Å². The summed E-state index contributed by atoms with van der Waals surface area (Å²) in [5, 5.41) is 12.2. The van der Waals surface area contributed by atoms with Crippen molar-refractivity contribution in [2.24, 2.45) is 10.8 Å². The fourth-order valence-corrected chi connectivity index (χ4v) is 1.20. The predicted molar refractivity (Wildman–Crippen MR) is 73.2 cm³/mol. The van der Waals surface area contributed by atoms with Gasteiger partial charge < -0.3 is 5.32 Å². The lowest BCUT2D eigenvalue weighted by molar-refractivity contribution is 0.410. The lowest BCUT2D eigenvalue weighted by Crippen LogP contribution is -2.32. The average Bonchev–Trinajstić information content (AvgIpc) is 2.07. The van der Waals surface area contributed by atoms with Crippen LogP contribution in [0.25, 0.3) is 0 Å². The van der Waals surface area contributed by atoms with E-state index in [4.69, 9.17) is 17.5 Å². The van der Waals surface area contributed by atoms with Gasteiger partial charge in [0.05, 0.1) is 5.57 Å². The molecule has 0 radical (unpaired) electrons. The Bertz CT molecular complexity index is 321. The van der Waals surface area contributed by atoms with Crippen LogP contribution in [0.5, 0.6) is 0 Å². The second kappa shape index (κ2) is 5.45. The first-order valence-electron chi connectivity index (χ1n) is 5.46. The molecule has 0 saturated carbocycles. The molecule has 0 aromatic carbocycles. The van der Waals surface area contributed by atoms with Crippen LogP contribution < -0.4 is 5.32 Å². The Balaban J connectivity index is 4.60. The topological polar surface area (TPSA) is 35.8 Å². The highest BCUT2D eigenvalue weighted by Crippen LogP contribution is 2.18. The van der Waals surface area contributed by atoms with E-state index in [1.807, 2.05) is 6.08 Å². The van der Waals surface area contributed by atoms with Gasteiger partial charge in [-0.05, 0) is 10.8 Å². The maximum absolute atomic E-state index is 9.04. The van der Waals surface area contributed by atoms with Gasteiger partial charge in [0.25, 0.3) is 0 Å². The molecule has 3 heteroatoms. The summed E-state index contributed by atoms with van der Waals surface area (Å²) in [5.74, 6) is 0. The molecule has 0 aliphatic carbocycles. The van der Waals surface area contributed by atoms with Gasteiger partial charge in [0.1, 0.15) is 11.1 Å². The van der Waals surface area contributed by atoms with Crippen molar-refractivity contribution in [3.05, 3.63) is 11.6 Å². The summed E-state index contributed by atoms with van der Waals surface area (Å²) in [4.78, 5) is 0.548. The molecule has 0 aliphatic heterocycles. The number of nitrogens with one attached hydrogen (secondary N) is 1. The molecule has 0 aromatic rings. The number of allylic oxidation sites excluding steroid dienone is 1. The molecule has 0 aliphatic rings. The van der Waals surface area contributed by atoms with Gasteiger partial charge in [0, 0.05) is 6.54 Å². The fraction of sp³-hybridized carbons (Fsp3) is 0.692. The van der Waals surface area contributed by atoms with E-state index in [-0.39, 0.29) is 10.8 Å². The van der Waals surface area contributed by atoms with Gasteiger partial charge in [-0.15, -0.1) is 0 Å². The Morgan fingerprint density at radius 2 is 1.75 bits per heavy atom. The minimum absolute atomic E-state index is 0.0292. The molecular weight excluding hydrogens is 216 g/mol. The molecule has 0 spiro atoms. The number of nitriles is 1. The van der Waals surface area contributed by atoms with Gasteiger partial charge in [0.2, 0.25) is 0 Å². The maximum atomic E-state index is 9.04. The zero-order valence-corrected chi connectivity index (χ0v) is 12.0. The van der Waals surface area contributed by atoms with Crippen molar-refractivity contribution in [3.8, 4) is 6.07 Å². The van der Waals surface area contributed by atoms with Crippen LogP contribution in [0.15, 0.2) is 11.6 Å². The Kier molecular flexibility index (Phi) is 5.15. The number of thiocarbonyl (C=S) groups is 1. The Morgan fingerprint density at radius 1 is 1.25 bits per heavy atom. The summed E-state index contributed by atoms with van der Waals surface area (Å²) in [5.41, 5.74) is 0.692. The van der Waals surface area contributed by atoms with Gasteiger partial charge in [-0.3, -0.25) is 0 Å². The van der Waals surface area contributed by atoms with Crippen LogP contribution in [0.1, 0.15) is 41.5 Å². The third-order valence-electron chi connectivity index (χ3n) is 1.72. The van der Waals surface area contributed by atoms with Crippen LogP contribution in [0, 0.1) is 22.2 Å². The van der Waals surface area contributed by atoms with E-state index in [9.17, 15) is 0 Å². The SMILES string of the molecule is CC(C)(C)/C=C(\C#N)C(=S)NCC(C)(C)C. The van der Waals surface area contributed by atoms with Gasteiger partial charge in [-0.2, -0.15) is 5.26 Å². The molecule has 0 bridgehead atoms. The van der Waals surface area contributed by atoms with Crippen LogP contribution in [-0.4, -0.2) is 11.5 Å². The Hall–Kier alpha value is -0.880. The number of rotatable bonds is 2. The summed E-state index contributed by atoms with van der Waals surface area (Å²) >= 11 is 5.21. The summed E-state index contributed by atoms with van der Waals surface area (Å²) in [6.45, 7) is 13.3. The first kappa shape index (κ1) is 15.1. The lowest BCUT2D eigenvalue weighted by atomic mass is 9.93. The predicted octanol–water partition coefficient (Wildman–Crippen LogP) is 3.45. The van der Waals surface area contributed by atoms with Crippen molar-refractivity contribution in [2.75, 3.05) is 6.54 Å². The standard InChI is InChI=1S/C13H22N2S/c1-12(2,3)7-10(8-14)11(16)15-9-13(4,5)6/h7H,9H2,1-6H3,(H,15,16)/b10-7+. The van der Waals surface area contributed by atoms with Gasteiger partial charge in [-0.25, -0.2) is 0 Å². The molecule has 0 rings (SSSR count). The summed E-state index contributed by atoms with van der Waals surface area (Å²) in [6, 6.07) is 2.15. The van der Waals surface area contributed by atoms with Crippen LogP contribution >= 0.6 is 12.2 Å². The maximum Gasteiger partial charge on any atom is 0.116 e. The highest BCUT2D eigenvalue weighted by atomic mass is 32.1. The van der Waals surface area contributed by atoms with E-state index in [0.717, 1.165) is 6.54 Å². The average molecular weight is 238 g/mol. The van der Waals surface area contributed by atoms with Crippen molar-refractivity contribution in [1.82, 2.24) is 5.32 Å². The van der Waals surface area contributed by atoms with Crippen molar-refractivity contribution < 1.29 is 0 Å². The molecule has 0 amide bonds. The summed E-state index contributed by atoms with van der Waals surface area (Å²) < 4.78 is 0. The second-order valence-corrected chi connectivity index (χ2v) is 6.69. The number of hydrogen-bond acceptors (Lipinski definition) is 2. The molecule has 2 nitrogen and oxygen atoms in total. The van der Waals surface area contributed by atoms with Crippen LogP contribution in [0.2, 0.25) is 0 Å². The first-order chi connectivity index (χ1) is 7.05. The third-order valence-corrected chi connectivity index (χ3v) is 2.09. The van der Waals surface area contributed by atoms with E-state index in [1.165, 1.54) is 0 Å². The molecule has 0 unspecified atom stereocenters. The zero-order chi connectivity index (χ0) is 13.0. The van der Waals surface area contributed by atoms with Gasteiger partial charge >= 0.3 is 0 Å². The summed E-state index contributed by atoms with van der Waals surface area (Å²) in [7, 11) is 0. The van der Waals surface area contributed by atoms with Crippen molar-refractivity contribution in [2.45, 2.75) is 41.5 Å². The highest BCUT2D eigenvalue weighted by Gasteiger charge is 2.14. The third kappa shape index (κ3) is 7.42. The quantitative estimate of drug-likeness (QED) is 0.455. The smallest absolute Gasteiger partial charge is 0.116 e. The molecule has 0 aromatic heterocycles. The number of nitrogens with zero attached hydrogens (tertiary/aromatic N) is 1. The Labute approximate surface area is 105 Å². The Morgan fingerprint density at radius 3 is 2.06 bits per heavy atom. The largest absolute Gasteiger partial charge is 0.375 e. The minimum Gasteiger partial charge on any atom is -0.375 e. The number of hydrogen-bond donors (Lipinski definition) is 1. The van der Waals surface area contributed by atoms with Crippen LogP contribution in [0.4, 0.5) is 0 Å². The van der Waals surface area contributed by atoms with Crippen LogP contribution in [0.3, 0.4) is 0 Å². The normalized spacial score (nSPS) is 13.2. The molecular formula is C13H22N2S. The monoisotopic (exact) mass is 238 g/mol. The zero-order valence-electron chi connectivity index (χ0n) is 11.1. The van der Waals surface area contributed by atoms with E-state index >= 15 is 0 Å². The molecule has 0 atom stereocenters. The lowest BCUT2D eigenvalue weighted by Gasteiger charge is -2.20. The second-order valence-electron chi connectivity index (χ2n) is 6.28. The fourth-order valence-electron chi connectivity index (χ4n) is 1.02. The molecule has 16 heavy (non-hydrogen) atoms. The first-order valence-corrected chi connectivity index (χ1v) is 5.87. The molecule has 0 heterocycles. The minimum atomic E-state index is -0.0292. The van der Waals surface area contributed by atoms with Gasteiger partial charge in [0.15, 0.2) is 0 Å². The van der Waals surface area contributed by atoms with Crippen LogP contribution in [-0.2, 0) is 0 Å².